The highest BCUT2D eigenvalue weighted by atomic mass is 16.6. The molecule has 1 atom stereocenters. The number of carbonyl (C=O) groups is 3. The van der Waals surface area contributed by atoms with Crippen molar-refractivity contribution < 1.29 is 19.1 Å². The Kier molecular flexibility index (Phi) is 4.22. The molecule has 0 radical (unpaired) electrons. The third kappa shape index (κ3) is 2.17. The zero-order valence-electron chi connectivity index (χ0n) is 16.2. The highest BCUT2D eigenvalue weighted by Crippen LogP contribution is 2.47. The van der Waals surface area contributed by atoms with Crippen LogP contribution in [0, 0.1) is 0 Å². The fourth-order valence-corrected chi connectivity index (χ4v) is 4.23. The summed E-state index contributed by atoms with van der Waals surface area (Å²) in [5.41, 5.74) is 1.45. The first kappa shape index (κ1) is 18.2. The Morgan fingerprint density at radius 1 is 0.893 bits per heavy atom. The Hall–Kier alpha value is -3.15. The van der Waals surface area contributed by atoms with Crippen LogP contribution in [0.15, 0.2) is 42.5 Å². The van der Waals surface area contributed by atoms with E-state index in [9.17, 15) is 14.4 Å². The van der Waals surface area contributed by atoms with Crippen molar-refractivity contribution in [1.29, 1.82) is 0 Å². The second-order valence-corrected chi connectivity index (χ2v) is 6.88. The van der Waals surface area contributed by atoms with Crippen molar-refractivity contribution in [2.75, 3.05) is 11.4 Å². The molecule has 144 valence electrons. The number of fused-ring (bicyclic) bond motifs is 2. The topological polar surface area (TPSA) is 66.9 Å². The minimum atomic E-state index is -1.73. The molecule has 6 nitrogen and oxygen atoms in total. The number of imide groups is 1. The van der Waals surface area contributed by atoms with Gasteiger partial charge in [0.15, 0.2) is 0 Å². The second kappa shape index (κ2) is 6.48. The van der Waals surface area contributed by atoms with Crippen LogP contribution in [0.4, 0.5) is 10.5 Å². The number of carbonyl (C=O) groups excluding carboxylic acids is 3. The van der Waals surface area contributed by atoms with Crippen LogP contribution in [-0.2, 0) is 28.1 Å². The standard InChI is InChI=1S/C22H22N2O4/c1-4-14-10-9-11-15(5-2)18(14)24-20(26)22(23(6-3)21(24)27)17-13-8-7-12-16(17)19(25)28-22/h7-13H,4-6H2,1-3H3. The molecule has 28 heavy (non-hydrogen) atoms. The van der Waals surface area contributed by atoms with Gasteiger partial charge in [-0.2, -0.15) is 0 Å². The van der Waals surface area contributed by atoms with Gasteiger partial charge in [0.1, 0.15) is 0 Å². The Morgan fingerprint density at radius 3 is 2.14 bits per heavy atom. The fourth-order valence-electron chi connectivity index (χ4n) is 4.23. The number of amides is 3. The number of urea groups is 1. The lowest BCUT2D eigenvalue weighted by Crippen LogP contribution is -2.47. The summed E-state index contributed by atoms with van der Waals surface area (Å²) in [6.07, 6.45) is 1.35. The van der Waals surface area contributed by atoms with E-state index in [0.717, 1.165) is 11.1 Å². The van der Waals surface area contributed by atoms with Gasteiger partial charge in [-0.1, -0.05) is 50.2 Å². The van der Waals surface area contributed by atoms with Crippen LogP contribution >= 0.6 is 0 Å². The monoisotopic (exact) mass is 378 g/mol. The highest BCUT2D eigenvalue weighted by molar-refractivity contribution is 6.25. The number of aryl methyl sites for hydroxylation is 2. The number of anilines is 1. The molecular weight excluding hydrogens is 356 g/mol. The smallest absolute Gasteiger partial charge is 0.341 e. The molecular formula is C22H22N2O4. The third-order valence-electron chi connectivity index (χ3n) is 5.55. The zero-order chi connectivity index (χ0) is 20.1. The fraction of sp³-hybridized carbons (Fsp3) is 0.318. The van der Waals surface area contributed by atoms with E-state index in [4.69, 9.17) is 4.74 Å². The van der Waals surface area contributed by atoms with E-state index in [2.05, 4.69) is 0 Å². The molecule has 1 unspecified atom stereocenters. The number of nitrogens with zero attached hydrogens (tertiary/aromatic N) is 2. The Balaban J connectivity index is 1.96. The molecule has 3 amide bonds. The van der Waals surface area contributed by atoms with Gasteiger partial charge in [-0.05, 0) is 37.0 Å². The number of hydrogen-bond donors (Lipinski definition) is 0. The van der Waals surface area contributed by atoms with Crippen LogP contribution in [0.3, 0.4) is 0 Å². The molecule has 0 aromatic heterocycles. The Morgan fingerprint density at radius 2 is 1.54 bits per heavy atom. The number of esters is 1. The largest absolute Gasteiger partial charge is 0.421 e. The molecule has 1 saturated heterocycles. The highest BCUT2D eigenvalue weighted by Gasteiger charge is 2.65. The van der Waals surface area contributed by atoms with Crippen molar-refractivity contribution in [1.82, 2.24) is 4.90 Å². The van der Waals surface area contributed by atoms with E-state index in [1.54, 1.807) is 31.2 Å². The molecule has 2 aromatic carbocycles. The molecule has 0 saturated carbocycles. The van der Waals surface area contributed by atoms with Crippen LogP contribution in [0.1, 0.15) is 47.8 Å². The number of para-hydroxylation sites is 1. The van der Waals surface area contributed by atoms with Gasteiger partial charge in [0.25, 0.3) is 5.72 Å². The molecule has 1 spiro atoms. The maximum Gasteiger partial charge on any atom is 0.341 e. The average molecular weight is 378 g/mol. The third-order valence-corrected chi connectivity index (χ3v) is 5.55. The first-order valence-corrected chi connectivity index (χ1v) is 9.60. The maximum absolute atomic E-state index is 13.7. The molecule has 2 aliphatic heterocycles. The van der Waals surface area contributed by atoms with Gasteiger partial charge in [0.2, 0.25) is 0 Å². The van der Waals surface area contributed by atoms with Crippen LogP contribution in [-0.4, -0.2) is 29.4 Å². The summed E-state index contributed by atoms with van der Waals surface area (Å²) < 4.78 is 5.64. The van der Waals surface area contributed by atoms with Crippen LogP contribution in [0.2, 0.25) is 0 Å². The quantitative estimate of drug-likeness (QED) is 0.602. The molecule has 0 N–H and O–H groups in total. The van der Waals surface area contributed by atoms with E-state index in [1.165, 1.54) is 9.80 Å². The number of benzene rings is 2. The lowest BCUT2D eigenvalue weighted by molar-refractivity contribution is -0.147. The molecule has 2 aliphatic rings. The number of rotatable bonds is 4. The van der Waals surface area contributed by atoms with Crippen LogP contribution < -0.4 is 4.90 Å². The summed E-state index contributed by atoms with van der Waals surface area (Å²) in [6.45, 7) is 5.99. The van der Waals surface area contributed by atoms with E-state index >= 15 is 0 Å². The van der Waals surface area contributed by atoms with Crippen LogP contribution in [0.5, 0.6) is 0 Å². The molecule has 6 heteroatoms. The summed E-state index contributed by atoms with van der Waals surface area (Å²) in [7, 11) is 0. The summed E-state index contributed by atoms with van der Waals surface area (Å²) in [6, 6.07) is 12.1. The predicted molar refractivity (Wildman–Crippen MR) is 104 cm³/mol. The number of hydrogen-bond acceptors (Lipinski definition) is 4. The lowest BCUT2D eigenvalue weighted by atomic mass is 9.97. The minimum Gasteiger partial charge on any atom is -0.421 e. The van der Waals surface area contributed by atoms with E-state index in [0.29, 0.717) is 29.7 Å². The molecule has 2 heterocycles. The van der Waals surface area contributed by atoms with Gasteiger partial charge in [-0.3, -0.25) is 9.69 Å². The Labute approximate surface area is 163 Å². The molecule has 1 fully saturated rings. The van der Waals surface area contributed by atoms with Crippen LogP contribution in [0.25, 0.3) is 0 Å². The molecule has 4 rings (SSSR count). The SMILES string of the molecule is CCc1cccc(CC)c1N1C(=O)N(CC)C2(OC(=O)c3ccccc32)C1=O. The van der Waals surface area contributed by atoms with E-state index in [-0.39, 0.29) is 6.54 Å². The van der Waals surface area contributed by atoms with Crippen molar-refractivity contribution in [2.24, 2.45) is 0 Å². The first-order valence-electron chi connectivity index (χ1n) is 9.60. The minimum absolute atomic E-state index is 0.235. The van der Waals surface area contributed by atoms with E-state index in [1.807, 2.05) is 32.0 Å². The molecule has 0 bridgehead atoms. The summed E-state index contributed by atoms with van der Waals surface area (Å²) >= 11 is 0. The number of likely N-dealkylation sites (N-methyl/N-ethyl adjacent to an activating group) is 1. The Bertz CT molecular complexity index is 978. The summed E-state index contributed by atoms with van der Waals surface area (Å²) in [5.74, 6) is -1.12. The van der Waals surface area contributed by atoms with Crippen molar-refractivity contribution in [3.63, 3.8) is 0 Å². The van der Waals surface area contributed by atoms with Gasteiger partial charge in [-0.15, -0.1) is 0 Å². The average Bonchev–Trinajstić information content (AvgIpc) is 3.12. The van der Waals surface area contributed by atoms with Crippen molar-refractivity contribution >= 4 is 23.6 Å². The van der Waals surface area contributed by atoms with E-state index < -0.39 is 23.6 Å². The van der Waals surface area contributed by atoms with Crippen molar-refractivity contribution in [3.8, 4) is 0 Å². The molecule has 0 aliphatic carbocycles. The van der Waals surface area contributed by atoms with Gasteiger partial charge < -0.3 is 4.74 Å². The lowest BCUT2D eigenvalue weighted by Gasteiger charge is -2.29. The number of ether oxygens (including phenoxy) is 1. The zero-order valence-corrected chi connectivity index (χ0v) is 16.2. The van der Waals surface area contributed by atoms with Gasteiger partial charge in [0, 0.05) is 12.1 Å². The van der Waals surface area contributed by atoms with Crippen molar-refractivity contribution in [2.45, 2.75) is 39.3 Å². The van der Waals surface area contributed by atoms with Crippen molar-refractivity contribution in [3.05, 3.63) is 64.7 Å². The van der Waals surface area contributed by atoms with Gasteiger partial charge in [0.05, 0.1) is 11.3 Å². The first-order chi connectivity index (χ1) is 13.5. The second-order valence-electron chi connectivity index (χ2n) is 6.88. The summed E-state index contributed by atoms with van der Waals surface area (Å²) in [4.78, 5) is 42.2. The van der Waals surface area contributed by atoms with Gasteiger partial charge in [-0.25, -0.2) is 14.5 Å². The normalized spacial score (nSPS) is 20.9. The maximum atomic E-state index is 13.7. The summed E-state index contributed by atoms with van der Waals surface area (Å²) in [5, 5.41) is 0. The molecule has 2 aromatic rings. The predicted octanol–water partition coefficient (Wildman–Crippen LogP) is 3.62. The van der Waals surface area contributed by atoms with Gasteiger partial charge >= 0.3 is 17.9 Å².